The van der Waals surface area contributed by atoms with Crippen LogP contribution in [-0.2, 0) is 0 Å². The third-order valence-electron chi connectivity index (χ3n) is 0. The number of hydrogen-bond acceptors (Lipinski definition) is 8. The third-order valence-corrected chi connectivity index (χ3v) is 0. The van der Waals surface area contributed by atoms with Gasteiger partial charge in [0.25, 0.3) is 0 Å². The monoisotopic (exact) mass is 398 g/mol. The SMILES string of the molecule is O.O.O.O.[Ca+2].[O-][Br+3]([O-])([O-])[O-].[O-][Br+3]([O-])([O-])[O-]. The van der Waals surface area contributed by atoms with E-state index in [2.05, 4.69) is 0 Å². The maximum Gasteiger partial charge on any atom is 2.00 e. The summed E-state index contributed by atoms with van der Waals surface area (Å²) >= 11 is -11.2. The van der Waals surface area contributed by atoms with Crippen molar-refractivity contribution in [1.29, 1.82) is 0 Å². The van der Waals surface area contributed by atoms with Crippen molar-refractivity contribution < 1.29 is 83.7 Å². The Morgan fingerprint density at radius 2 is 0.400 bits per heavy atom. The van der Waals surface area contributed by atoms with E-state index in [-0.39, 0.29) is 59.6 Å². The summed E-state index contributed by atoms with van der Waals surface area (Å²) in [4.78, 5) is 0. The summed E-state index contributed by atoms with van der Waals surface area (Å²) in [6.45, 7) is 0. The molecule has 0 amide bonds. The average Bonchev–Trinajstić information content (AvgIpc) is 1.12. The minimum atomic E-state index is -5.62. The molecule has 0 aliphatic heterocycles. The molecule has 96 valence electrons. The molecule has 0 radical (unpaired) electrons. The quantitative estimate of drug-likeness (QED) is 0.350. The molecule has 0 rings (SSSR count). The molecule has 0 aromatic rings. The first kappa shape index (κ1) is 43.7. The van der Waals surface area contributed by atoms with Gasteiger partial charge in [0.1, 0.15) is 0 Å². The second-order valence-corrected chi connectivity index (χ2v) is 3.93. The molecule has 0 aliphatic rings. The Labute approximate surface area is 120 Å². The van der Waals surface area contributed by atoms with Crippen molar-refractivity contribution in [2.75, 3.05) is 0 Å². The fraction of sp³-hybridized carbons (Fsp3) is 0. The summed E-state index contributed by atoms with van der Waals surface area (Å²) < 4.78 is 68.6. The predicted molar refractivity (Wildman–Crippen MR) is 20.2 cm³/mol. The van der Waals surface area contributed by atoms with E-state index in [1.165, 1.54) is 0 Å². The maximum absolute atomic E-state index is 8.58. The van der Waals surface area contributed by atoms with Crippen molar-refractivity contribution in [3.8, 4) is 0 Å². The summed E-state index contributed by atoms with van der Waals surface area (Å²) in [5.74, 6) is 0. The zero-order valence-electron chi connectivity index (χ0n) is 6.73. The van der Waals surface area contributed by atoms with E-state index in [1.807, 2.05) is 0 Å². The molecule has 0 spiro atoms. The summed E-state index contributed by atoms with van der Waals surface area (Å²) in [5, 5.41) is 0. The standard InChI is InChI=1S/2BrO4.Ca.4H2O/c2*2-1(3,4)5;;;;;/h;;;4*1H2/q2*-1;+2;;;;. The zero-order valence-corrected chi connectivity index (χ0v) is 12.1. The molecule has 0 saturated heterocycles. The van der Waals surface area contributed by atoms with Gasteiger partial charge in [-0.2, -0.15) is 0 Å². The Kier molecular flexibility index (Phi) is 52.8. The smallest absolute Gasteiger partial charge is 0.412 e. The molecule has 0 heterocycles. The summed E-state index contributed by atoms with van der Waals surface area (Å²) in [6.07, 6.45) is 0. The predicted octanol–water partition coefficient (Wildman–Crippen LogP) is -13.2. The van der Waals surface area contributed by atoms with E-state index in [0.29, 0.717) is 0 Å². The van der Waals surface area contributed by atoms with Gasteiger partial charge in [-0.3, -0.25) is 33.6 Å². The van der Waals surface area contributed by atoms with Crippen molar-refractivity contribution in [1.82, 2.24) is 0 Å². The van der Waals surface area contributed by atoms with Gasteiger partial charge in [-0.15, -0.1) is 0 Å². The Morgan fingerprint density at radius 3 is 0.400 bits per heavy atom. The van der Waals surface area contributed by atoms with Crippen molar-refractivity contribution in [2.24, 2.45) is 0 Å². The van der Waals surface area contributed by atoms with Crippen molar-refractivity contribution in [3.05, 3.63) is 0 Å². The van der Waals surface area contributed by atoms with Gasteiger partial charge in [0.2, 0.25) is 0 Å². The minimum absolute atomic E-state index is 0. The molecule has 0 fully saturated rings. The van der Waals surface area contributed by atoms with Crippen LogP contribution in [0.2, 0.25) is 0 Å². The molecule has 15 heavy (non-hydrogen) atoms. The Balaban J connectivity index is -0.0000000128. The molecule has 12 nitrogen and oxygen atoms in total. The van der Waals surface area contributed by atoms with Crippen LogP contribution >= 0.6 is 0 Å². The topological polar surface area (TPSA) is 310 Å². The molecule has 0 unspecified atom stereocenters. The van der Waals surface area contributed by atoms with Crippen molar-refractivity contribution in [2.45, 2.75) is 0 Å². The summed E-state index contributed by atoms with van der Waals surface area (Å²) in [7, 11) is 0. The van der Waals surface area contributed by atoms with Crippen molar-refractivity contribution >= 4 is 37.7 Å². The van der Waals surface area contributed by atoms with Crippen LogP contribution in [0.15, 0.2) is 0 Å². The molecule has 15 heteroatoms. The van der Waals surface area contributed by atoms with Crippen LogP contribution in [-0.4, -0.2) is 59.6 Å². The van der Waals surface area contributed by atoms with Gasteiger partial charge < -0.3 is 21.9 Å². The van der Waals surface area contributed by atoms with Crippen LogP contribution in [0.3, 0.4) is 0 Å². The molecule has 0 saturated carbocycles. The fourth-order valence-electron chi connectivity index (χ4n) is 0. The Hall–Kier alpha value is 1.74. The zero-order chi connectivity index (χ0) is 9.00. The van der Waals surface area contributed by atoms with Gasteiger partial charge in [0, 0.05) is 0 Å². The van der Waals surface area contributed by atoms with Crippen LogP contribution in [0.4, 0.5) is 0 Å². The first-order valence-corrected chi connectivity index (χ1v) is 6.41. The van der Waals surface area contributed by atoms with Gasteiger partial charge in [0.05, 0.1) is 28.2 Å². The maximum atomic E-state index is 8.58. The first-order chi connectivity index (χ1) is 4.00. The first-order valence-electron chi connectivity index (χ1n) is 1.23. The Bertz CT molecular complexity index is 56.6. The molecular weight excluding hydrogens is 392 g/mol. The molecular formula is H8Br2CaO12. The molecule has 0 aromatic carbocycles. The number of rotatable bonds is 0. The second kappa shape index (κ2) is 18.1. The van der Waals surface area contributed by atoms with Crippen LogP contribution < -0.4 is 33.6 Å². The molecule has 0 aromatic heterocycles. The molecule has 0 bridgehead atoms. The average molecular weight is 400 g/mol. The summed E-state index contributed by atoms with van der Waals surface area (Å²) in [5.41, 5.74) is 0. The third kappa shape index (κ3) is 982. The fourth-order valence-corrected chi connectivity index (χ4v) is 0. The van der Waals surface area contributed by atoms with Gasteiger partial charge in [0.15, 0.2) is 0 Å². The number of halogens is 2. The van der Waals surface area contributed by atoms with E-state index in [1.54, 1.807) is 0 Å². The Morgan fingerprint density at radius 1 is 0.400 bits per heavy atom. The second-order valence-electron chi connectivity index (χ2n) is 0.756. The van der Waals surface area contributed by atoms with E-state index in [0.717, 1.165) is 0 Å². The normalized spacial score (nSPS) is 8.00. The van der Waals surface area contributed by atoms with Gasteiger partial charge >= 0.3 is 37.7 Å². The molecule has 0 atom stereocenters. The number of hydrogen-bond donors (Lipinski definition) is 0. The minimum Gasteiger partial charge on any atom is -0.412 e. The summed E-state index contributed by atoms with van der Waals surface area (Å²) in [6, 6.07) is 0. The van der Waals surface area contributed by atoms with Gasteiger partial charge in [-0.05, 0) is 0 Å². The molecule has 0 aliphatic carbocycles. The van der Waals surface area contributed by atoms with Crippen LogP contribution in [0.1, 0.15) is 0 Å². The molecule has 8 N–H and O–H groups in total. The largest absolute Gasteiger partial charge is 2.00 e. The van der Waals surface area contributed by atoms with E-state index >= 15 is 0 Å². The van der Waals surface area contributed by atoms with E-state index in [9.17, 15) is 0 Å². The van der Waals surface area contributed by atoms with E-state index in [4.69, 9.17) is 33.6 Å². The van der Waals surface area contributed by atoms with E-state index < -0.39 is 28.2 Å². The van der Waals surface area contributed by atoms with Crippen LogP contribution in [0, 0.1) is 28.2 Å². The van der Waals surface area contributed by atoms with Crippen molar-refractivity contribution in [3.63, 3.8) is 0 Å². The van der Waals surface area contributed by atoms with Gasteiger partial charge in [-0.25, -0.2) is 0 Å². The van der Waals surface area contributed by atoms with Gasteiger partial charge in [-0.1, -0.05) is 0 Å². The van der Waals surface area contributed by atoms with Crippen LogP contribution in [0.25, 0.3) is 0 Å². The van der Waals surface area contributed by atoms with Crippen LogP contribution in [0.5, 0.6) is 0 Å².